The molecule has 0 spiro atoms. The molecule has 0 bridgehead atoms. The Bertz CT molecular complexity index is 768. The molecule has 0 radical (unpaired) electrons. The van der Waals surface area contributed by atoms with Gasteiger partial charge in [-0.25, -0.2) is 9.97 Å². The standard InChI is InChI=1S/C16H14BrN3S/c1-10-8-21-9-12(10)15-19-14(11-6-4-3-5-7-11)13(17)16(18-2)20-15/h3-9H,1-2H3,(H,18,19,20). The maximum absolute atomic E-state index is 4.76. The van der Waals surface area contributed by atoms with E-state index < -0.39 is 0 Å². The summed E-state index contributed by atoms with van der Waals surface area (Å²) in [6, 6.07) is 10.1. The summed E-state index contributed by atoms with van der Waals surface area (Å²) in [5.41, 5.74) is 4.25. The van der Waals surface area contributed by atoms with Crippen LogP contribution in [0, 0.1) is 6.92 Å². The van der Waals surface area contributed by atoms with Gasteiger partial charge in [-0.1, -0.05) is 30.3 Å². The molecule has 5 heteroatoms. The van der Waals surface area contributed by atoms with Crippen molar-refractivity contribution in [2.75, 3.05) is 12.4 Å². The summed E-state index contributed by atoms with van der Waals surface area (Å²) in [7, 11) is 1.87. The predicted molar refractivity (Wildman–Crippen MR) is 92.8 cm³/mol. The molecule has 3 rings (SSSR count). The second kappa shape index (κ2) is 5.95. The normalized spacial score (nSPS) is 10.6. The van der Waals surface area contributed by atoms with Gasteiger partial charge < -0.3 is 5.32 Å². The average Bonchev–Trinajstić information content (AvgIpc) is 2.94. The lowest BCUT2D eigenvalue weighted by Crippen LogP contribution is -2.01. The van der Waals surface area contributed by atoms with Gasteiger partial charge in [0.25, 0.3) is 0 Å². The minimum atomic E-state index is 0.750. The summed E-state index contributed by atoms with van der Waals surface area (Å²) in [6.07, 6.45) is 0. The molecular formula is C16H14BrN3S. The molecule has 2 heterocycles. The third kappa shape index (κ3) is 2.71. The first-order valence-electron chi connectivity index (χ1n) is 6.54. The van der Waals surface area contributed by atoms with Crippen molar-refractivity contribution >= 4 is 33.1 Å². The Hall–Kier alpha value is -1.72. The Balaban J connectivity index is 2.23. The van der Waals surface area contributed by atoms with Crippen LogP contribution in [-0.4, -0.2) is 17.0 Å². The van der Waals surface area contributed by atoms with Gasteiger partial charge in [-0.05, 0) is 33.8 Å². The Morgan fingerprint density at radius 3 is 2.48 bits per heavy atom. The van der Waals surface area contributed by atoms with Crippen LogP contribution in [0.3, 0.4) is 0 Å². The quantitative estimate of drug-likeness (QED) is 0.716. The molecule has 0 fully saturated rings. The molecule has 21 heavy (non-hydrogen) atoms. The van der Waals surface area contributed by atoms with Crippen LogP contribution in [0.4, 0.5) is 5.82 Å². The largest absolute Gasteiger partial charge is 0.372 e. The number of benzene rings is 1. The zero-order chi connectivity index (χ0) is 14.8. The highest BCUT2D eigenvalue weighted by atomic mass is 79.9. The van der Waals surface area contributed by atoms with Crippen molar-refractivity contribution in [3.63, 3.8) is 0 Å². The van der Waals surface area contributed by atoms with Gasteiger partial charge in [-0.2, -0.15) is 11.3 Å². The monoisotopic (exact) mass is 359 g/mol. The van der Waals surface area contributed by atoms with Crippen LogP contribution >= 0.6 is 27.3 Å². The highest BCUT2D eigenvalue weighted by molar-refractivity contribution is 9.10. The van der Waals surface area contributed by atoms with Crippen molar-refractivity contribution in [2.24, 2.45) is 0 Å². The number of aromatic nitrogens is 2. The lowest BCUT2D eigenvalue weighted by atomic mass is 10.1. The summed E-state index contributed by atoms with van der Waals surface area (Å²) >= 11 is 5.28. The number of aryl methyl sites for hydroxylation is 1. The van der Waals surface area contributed by atoms with Crippen molar-refractivity contribution < 1.29 is 0 Å². The zero-order valence-electron chi connectivity index (χ0n) is 11.7. The first kappa shape index (κ1) is 14.2. The summed E-state index contributed by atoms with van der Waals surface area (Å²) in [5, 5.41) is 7.34. The van der Waals surface area contributed by atoms with Crippen LogP contribution in [0.5, 0.6) is 0 Å². The van der Waals surface area contributed by atoms with E-state index in [2.05, 4.69) is 56.0 Å². The molecule has 0 unspecified atom stereocenters. The number of nitrogens with one attached hydrogen (secondary N) is 1. The second-order valence-electron chi connectivity index (χ2n) is 4.64. The molecule has 3 aromatic rings. The Kier molecular flexibility index (Phi) is 4.03. The molecule has 1 aromatic carbocycles. The molecule has 0 amide bonds. The van der Waals surface area contributed by atoms with Gasteiger partial charge in [-0.15, -0.1) is 0 Å². The van der Waals surface area contributed by atoms with E-state index in [1.165, 1.54) is 5.56 Å². The first-order valence-corrected chi connectivity index (χ1v) is 8.28. The number of nitrogens with zero attached hydrogens (tertiary/aromatic N) is 2. The fraction of sp³-hybridized carbons (Fsp3) is 0.125. The molecule has 0 saturated heterocycles. The van der Waals surface area contributed by atoms with E-state index in [0.29, 0.717) is 0 Å². The van der Waals surface area contributed by atoms with Crippen molar-refractivity contribution in [2.45, 2.75) is 6.92 Å². The molecule has 1 N–H and O–H groups in total. The molecule has 0 saturated carbocycles. The average molecular weight is 360 g/mol. The van der Waals surface area contributed by atoms with Crippen molar-refractivity contribution in [1.29, 1.82) is 0 Å². The summed E-state index contributed by atoms with van der Waals surface area (Å²) in [6.45, 7) is 2.08. The van der Waals surface area contributed by atoms with Gasteiger partial charge in [0.05, 0.1) is 10.2 Å². The Labute approximate surface area is 136 Å². The number of halogens is 1. The maximum atomic E-state index is 4.76. The number of anilines is 1. The van der Waals surface area contributed by atoms with E-state index in [1.54, 1.807) is 11.3 Å². The van der Waals surface area contributed by atoms with E-state index in [9.17, 15) is 0 Å². The minimum Gasteiger partial charge on any atom is -0.372 e. The van der Waals surface area contributed by atoms with Crippen LogP contribution in [0.1, 0.15) is 5.56 Å². The van der Waals surface area contributed by atoms with Gasteiger partial charge in [0.15, 0.2) is 5.82 Å². The third-order valence-corrected chi connectivity index (χ3v) is 4.84. The Morgan fingerprint density at radius 1 is 1.10 bits per heavy atom. The first-order chi connectivity index (χ1) is 10.2. The highest BCUT2D eigenvalue weighted by Gasteiger charge is 2.15. The van der Waals surface area contributed by atoms with Crippen molar-refractivity contribution in [3.05, 3.63) is 51.1 Å². The maximum Gasteiger partial charge on any atom is 0.163 e. The molecule has 0 atom stereocenters. The molecule has 0 aliphatic rings. The SMILES string of the molecule is CNc1nc(-c2cscc2C)nc(-c2ccccc2)c1Br. The fourth-order valence-corrected chi connectivity index (χ4v) is 3.54. The van der Waals surface area contributed by atoms with Crippen molar-refractivity contribution in [3.8, 4) is 22.6 Å². The number of hydrogen-bond acceptors (Lipinski definition) is 4. The number of thiophene rings is 1. The molecule has 106 valence electrons. The lowest BCUT2D eigenvalue weighted by molar-refractivity contribution is 1.15. The van der Waals surface area contributed by atoms with Crippen LogP contribution in [0.2, 0.25) is 0 Å². The third-order valence-electron chi connectivity index (χ3n) is 3.23. The van der Waals surface area contributed by atoms with Gasteiger partial charge in [0, 0.05) is 23.6 Å². The van der Waals surface area contributed by atoms with Crippen LogP contribution in [-0.2, 0) is 0 Å². The van der Waals surface area contributed by atoms with Gasteiger partial charge in [0.2, 0.25) is 0 Å². The molecule has 0 aliphatic carbocycles. The van der Waals surface area contributed by atoms with Crippen LogP contribution < -0.4 is 5.32 Å². The van der Waals surface area contributed by atoms with E-state index in [0.717, 1.165) is 32.9 Å². The van der Waals surface area contributed by atoms with E-state index >= 15 is 0 Å². The predicted octanol–water partition coefficient (Wildman–Crippen LogP) is 4.98. The van der Waals surface area contributed by atoms with Crippen LogP contribution in [0.15, 0.2) is 45.6 Å². The molecule has 3 nitrogen and oxygen atoms in total. The second-order valence-corrected chi connectivity index (χ2v) is 6.18. The van der Waals surface area contributed by atoms with E-state index in [4.69, 9.17) is 4.98 Å². The number of hydrogen-bond donors (Lipinski definition) is 1. The molecule has 0 aliphatic heterocycles. The van der Waals surface area contributed by atoms with Gasteiger partial charge >= 0.3 is 0 Å². The van der Waals surface area contributed by atoms with E-state index in [1.807, 2.05) is 25.2 Å². The Morgan fingerprint density at radius 2 is 1.86 bits per heavy atom. The topological polar surface area (TPSA) is 37.8 Å². The van der Waals surface area contributed by atoms with E-state index in [-0.39, 0.29) is 0 Å². The van der Waals surface area contributed by atoms with Crippen molar-refractivity contribution in [1.82, 2.24) is 9.97 Å². The molecular weight excluding hydrogens is 346 g/mol. The van der Waals surface area contributed by atoms with Gasteiger partial charge in [0.1, 0.15) is 5.82 Å². The summed E-state index contributed by atoms with van der Waals surface area (Å²) in [5.74, 6) is 1.55. The highest BCUT2D eigenvalue weighted by Crippen LogP contribution is 2.34. The fourth-order valence-electron chi connectivity index (χ4n) is 2.11. The summed E-state index contributed by atoms with van der Waals surface area (Å²) in [4.78, 5) is 9.38. The van der Waals surface area contributed by atoms with Crippen LogP contribution in [0.25, 0.3) is 22.6 Å². The summed E-state index contributed by atoms with van der Waals surface area (Å²) < 4.78 is 0.882. The van der Waals surface area contributed by atoms with Gasteiger partial charge in [-0.3, -0.25) is 0 Å². The smallest absolute Gasteiger partial charge is 0.163 e. The number of rotatable bonds is 3. The zero-order valence-corrected chi connectivity index (χ0v) is 14.1. The minimum absolute atomic E-state index is 0.750. The lowest BCUT2D eigenvalue weighted by Gasteiger charge is -2.11. The molecule has 2 aromatic heterocycles.